The summed E-state index contributed by atoms with van der Waals surface area (Å²) in [6.45, 7) is 8.16. The van der Waals surface area contributed by atoms with Crippen molar-refractivity contribution in [3.05, 3.63) is 101 Å². The Morgan fingerprint density at radius 2 is 1.50 bits per heavy atom. The molecule has 32 heavy (non-hydrogen) atoms. The van der Waals surface area contributed by atoms with Crippen molar-refractivity contribution < 1.29 is 4.79 Å². The van der Waals surface area contributed by atoms with Crippen molar-refractivity contribution in [3.63, 3.8) is 0 Å². The summed E-state index contributed by atoms with van der Waals surface area (Å²) in [5.41, 5.74) is 6.59. The summed E-state index contributed by atoms with van der Waals surface area (Å²) < 4.78 is 0. The number of carbonyl (C=O) groups excluding carboxylic acids is 1. The molecule has 4 heteroatoms. The lowest BCUT2D eigenvalue weighted by atomic mass is 10.0. The minimum atomic E-state index is -0.429. The van der Waals surface area contributed by atoms with Crippen LogP contribution in [0.5, 0.6) is 0 Å². The number of benzene rings is 3. The van der Waals surface area contributed by atoms with E-state index in [0.717, 1.165) is 28.9 Å². The van der Waals surface area contributed by atoms with Crippen LogP contribution in [-0.4, -0.2) is 23.9 Å². The standard InChI is InChI=1S/C28H33N3O/c1-21-16-22(2)18-26(17-21)30-28(32)27(25-8-4-3-5-9-25)29-19-23-10-12-24(13-11-23)20-31-14-6-7-15-31/h3-5,8-13,16-18,27,29H,6-7,14-15,19-20H2,1-2H3,(H,30,32). The van der Waals surface area contributed by atoms with Crippen molar-refractivity contribution in [2.24, 2.45) is 0 Å². The van der Waals surface area contributed by atoms with Crippen molar-refractivity contribution in [2.75, 3.05) is 18.4 Å². The van der Waals surface area contributed by atoms with E-state index in [1.54, 1.807) is 0 Å². The van der Waals surface area contributed by atoms with E-state index in [4.69, 9.17) is 0 Å². The second-order valence-corrected chi connectivity index (χ2v) is 8.89. The molecule has 1 aliphatic heterocycles. The lowest BCUT2D eigenvalue weighted by Crippen LogP contribution is -2.32. The molecule has 1 atom stereocenters. The molecular formula is C28H33N3O. The van der Waals surface area contributed by atoms with Gasteiger partial charge in [0.1, 0.15) is 6.04 Å². The largest absolute Gasteiger partial charge is 0.324 e. The molecule has 3 aromatic rings. The third kappa shape index (κ3) is 6.06. The Balaban J connectivity index is 1.43. The van der Waals surface area contributed by atoms with Gasteiger partial charge < -0.3 is 5.32 Å². The summed E-state index contributed by atoms with van der Waals surface area (Å²) in [7, 11) is 0. The summed E-state index contributed by atoms with van der Waals surface area (Å²) >= 11 is 0. The Hall–Kier alpha value is -2.95. The Bertz CT molecular complexity index is 1000. The van der Waals surface area contributed by atoms with Crippen LogP contribution < -0.4 is 10.6 Å². The molecule has 1 unspecified atom stereocenters. The predicted octanol–water partition coefficient (Wildman–Crippen LogP) is 5.37. The van der Waals surface area contributed by atoms with Gasteiger partial charge in [0.15, 0.2) is 0 Å². The maximum absolute atomic E-state index is 13.2. The topological polar surface area (TPSA) is 44.4 Å². The van der Waals surface area contributed by atoms with Crippen LogP contribution in [0.15, 0.2) is 72.8 Å². The molecule has 4 rings (SSSR count). The predicted molar refractivity (Wildman–Crippen MR) is 132 cm³/mol. The summed E-state index contributed by atoms with van der Waals surface area (Å²) in [5.74, 6) is -0.0492. The molecule has 1 fully saturated rings. The van der Waals surface area contributed by atoms with E-state index in [-0.39, 0.29) is 5.91 Å². The molecule has 0 spiro atoms. The number of hydrogen-bond acceptors (Lipinski definition) is 3. The third-order valence-electron chi connectivity index (χ3n) is 6.02. The highest BCUT2D eigenvalue weighted by atomic mass is 16.2. The van der Waals surface area contributed by atoms with E-state index in [0.29, 0.717) is 6.54 Å². The molecule has 2 N–H and O–H groups in total. The van der Waals surface area contributed by atoms with Crippen LogP contribution in [0.2, 0.25) is 0 Å². The molecule has 166 valence electrons. The van der Waals surface area contributed by atoms with Gasteiger partial charge in [0.25, 0.3) is 0 Å². The van der Waals surface area contributed by atoms with Gasteiger partial charge in [-0.2, -0.15) is 0 Å². The van der Waals surface area contributed by atoms with Gasteiger partial charge in [-0.15, -0.1) is 0 Å². The lowest BCUT2D eigenvalue weighted by molar-refractivity contribution is -0.118. The smallest absolute Gasteiger partial charge is 0.246 e. The maximum Gasteiger partial charge on any atom is 0.246 e. The van der Waals surface area contributed by atoms with Gasteiger partial charge in [0.2, 0.25) is 5.91 Å². The van der Waals surface area contributed by atoms with Crippen molar-refractivity contribution in [2.45, 2.75) is 45.8 Å². The number of hydrogen-bond donors (Lipinski definition) is 2. The van der Waals surface area contributed by atoms with Gasteiger partial charge >= 0.3 is 0 Å². The van der Waals surface area contributed by atoms with E-state index in [1.165, 1.54) is 37.1 Å². The number of likely N-dealkylation sites (tertiary alicyclic amines) is 1. The zero-order valence-corrected chi connectivity index (χ0v) is 19.1. The van der Waals surface area contributed by atoms with Crippen molar-refractivity contribution >= 4 is 11.6 Å². The minimum absolute atomic E-state index is 0.0492. The van der Waals surface area contributed by atoms with Crippen LogP contribution >= 0.6 is 0 Å². The molecule has 3 aromatic carbocycles. The number of amides is 1. The van der Waals surface area contributed by atoms with Gasteiger partial charge in [-0.25, -0.2) is 0 Å². The summed E-state index contributed by atoms with van der Waals surface area (Å²) in [5, 5.41) is 6.57. The summed E-state index contributed by atoms with van der Waals surface area (Å²) in [6, 6.07) is 24.4. The number of aryl methyl sites for hydroxylation is 2. The maximum atomic E-state index is 13.2. The Kier molecular flexibility index (Phi) is 7.35. The summed E-state index contributed by atoms with van der Waals surface area (Å²) in [6.07, 6.45) is 2.63. The Morgan fingerprint density at radius 1 is 0.875 bits per heavy atom. The number of nitrogens with one attached hydrogen (secondary N) is 2. The van der Waals surface area contributed by atoms with Crippen LogP contribution in [0.3, 0.4) is 0 Å². The zero-order chi connectivity index (χ0) is 22.3. The van der Waals surface area contributed by atoms with E-state index < -0.39 is 6.04 Å². The normalized spacial score (nSPS) is 14.9. The van der Waals surface area contributed by atoms with Crippen molar-refractivity contribution in [1.29, 1.82) is 0 Å². The molecule has 0 saturated carbocycles. The zero-order valence-electron chi connectivity index (χ0n) is 19.1. The first kappa shape index (κ1) is 22.3. The number of rotatable bonds is 8. The van der Waals surface area contributed by atoms with Gasteiger partial charge in [0, 0.05) is 18.8 Å². The molecule has 0 bridgehead atoms. The highest BCUT2D eigenvalue weighted by Gasteiger charge is 2.20. The molecule has 0 aromatic heterocycles. The first-order chi connectivity index (χ1) is 15.6. The summed E-state index contributed by atoms with van der Waals surface area (Å²) in [4.78, 5) is 15.7. The molecular weight excluding hydrogens is 394 g/mol. The van der Waals surface area contributed by atoms with Crippen LogP contribution in [0.25, 0.3) is 0 Å². The average molecular weight is 428 g/mol. The van der Waals surface area contributed by atoms with Crippen LogP contribution in [0.1, 0.15) is 46.7 Å². The van der Waals surface area contributed by atoms with Crippen molar-refractivity contribution in [3.8, 4) is 0 Å². The molecule has 4 nitrogen and oxygen atoms in total. The second-order valence-electron chi connectivity index (χ2n) is 8.89. The molecule has 1 saturated heterocycles. The SMILES string of the molecule is Cc1cc(C)cc(NC(=O)C(NCc2ccc(CN3CCCC3)cc2)c2ccccc2)c1. The van der Waals surface area contributed by atoms with E-state index >= 15 is 0 Å². The number of nitrogens with zero attached hydrogens (tertiary/aromatic N) is 1. The van der Waals surface area contributed by atoms with Crippen molar-refractivity contribution in [1.82, 2.24) is 10.2 Å². The quantitative estimate of drug-likeness (QED) is 0.508. The molecule has 0 aliphatic carbocycles. The minimum Gasteiger partial charge on any atom is -0.324 e. The van der Waals surface area contributed by atoms with Crippen LogP contribution in [0, 0.1) is 13.8 Å². The van der Waals surface area contributed by atoms with Crippen LogP contribution in [0.4, 0.5) is 5.69 Å². The number of carbonyl (C=O) groups is 1. The first-order valence-corrected chi connectivity index (χ1v) is 11.5. The molecule has 1 aliphatic rings. The monoisotopic (exact) mass is 427 g/mol. The van der Waals surface area contributed by atoms with E-state index in [1.807, 2.05) is 56.3 Å². The third-order valence-corrected chi connectivity index (χ3v) is 6.02. The average Bonchev–Trinajstić information content (AvgIpc) is 3.28. The number of anilines is 1. The highest BCUT2D eigenvalue weighted by Crippen LogP contribution is 2.20. The Morgan fingerprint density at radius 3 is 2.16 bits per heavy atom. The highest BCUT2D eigenvalue weighted by molar-refractivity contribution is 5.95. The fourth-order valence-electron chi connectivity index (χ4n) is 4.45. The fourth-order valence-corrected chi connectivity index (χ4v) is 4.45. The second kappa shape index (κ2) is 10.6. The van der Waals surface area contributed by atoms with Gasteiger partial charge in [0.05, 0.1) is 0 Å². The molecule has 1 amide bonds. The van der Waals surface area contributed by atoms with E-state index in [9.17, 15) is 4.79 Å². The fraction of sp³-hybridized carbons (Fsp3) is 0.321. The molecule has 1 heterocycles. The van der Waals surface area contributed by atoms with E-state index in [2.05, 4.69) is 45.9 Å². The lowest BCUT2D eigenvalue weighted by Gasteiger charge is -2.20. The van der Waals surface area contributed by atoms with Crippen LogP contribution in [-0.2, 0) is 17.9 Å². The Labute approximate surface area is 191 Å². The first-order valence-electron chi connectivity index (χ1n) is 11.5. The van der Waals surface area contributed by atoms with Gasteiger partial charge in [-0.1, -0.05) is 60.7 Å². The van der Waals surface area contributed by atoms with Gasteiger partial charge in [-0.05, 0) is 79.7 Å². The van der Waals surface area contributed by atoms with Gasteiger partial charge in [-0.3, -0.25) is 15.0 Å². The molecule has 0 radical (unpaired) electrons.